The number of benzene rings is 2. The van der Waals surface area contributed by atoms with Crippen LogP contribution in [0.2, 0.25) is 0 Å². The van der Waals surface area contributed by atoms with Gasteiger partial charge in [-0.25, -0.2) is 0 Å². The summed E-state index contributed by atoms with van der Waals surface area (Å²) in [5, 5.41) is 0. The molecule has 2 aromatic rings. The van der Waals surface area contributed by atoms with Gasteiger partial charge in [-0.3, -0.25) is 4.90 Å². The van der Waals surface area contributed by atoms with Gasteiger partial charge < -0.3 is 0 Å². The fourth-order valence-electron chi connectivity index (χ4n) is 4.57. The molecule has 0 aliphatic carbocycles. The van der Waals surface area contributed by atoms with Crippen LogP contribution in [0.5, 0.6) is 0 Å². The molecule has 4 heteroatoms. The molecule has 0 fully saturated rings. The Morgan fingerprint density at radius 1 is 1.12 bits per heavy atom. The Bertz CT molecular complexity index is 1070. The summed E-state index contributed by atoms with van der Waals surface area (Å²) >= 11 is 0. The van der Waals surface area contributed by atoms with Gasteiger partial charge in [-0.15, -0.1) is 0 Å². The van der Waals surface area contributed by atoms with Crippen LogP contribution in [-0.2, 0) is 12.7 Å². The van der Waals surface area contributed by atoms with Crippen LogP contribution in [0.3, 0.4) is 0 Å². The highest BCUT2D eigenvalue weighted by atomic mass is 19.4. The minimum Gasteiger partial charge on any atom is -0.295 e. The summed E-state index contributed by atoms with van der Waals surface area (Å²) in [6, 6.07) is 12.1. The lowest BCUT2D eigenvalue weighted by molar-refractivity contribution is -0.137. The second kappa shape index (κ2) is 9.72. The predicted molar refractivity (Wildman–Crippen MR) is 133 cm³/mol. The molecule has 0 radical (unpaired) electrons. The largest absolute Gasteiger partial charge is 0.416 e. The SMILES string of the molecule is C=C(C)/C(=C\c1cc(C2=CCN(Cc3ccc(C(F)(F)F)cc3)CC2(C)C)ccc1C)CC. The van der Waals surface area contributed by atoms with Crippen molar-refractivity contribution in [3.05, 3.63) is 94.1 Å². The van der Waals surface area contributed by atoms with E-state index in [9.17, 15) is 13.2 Å². The maximum atomic E-state index is 12.8. The summed E-state index contributed by atoms with van der Waals surface area (Å²) in [5.41, 5.74) is 7.56. The lowest BCUT2D eigenvalue weighted by atomic mass is 9.77. The molecule has 0 N–H and O–H groups in total. The van der Waals surface area contributed by atoms with Crippen molar-refractivity contribution in [3.63, 3.8) is 0 Å². The molecule has 0 atom stereocenters. The first-order valence-corrected chi connectivity index (χ1v) is 11.5. The molecule has 0 aromatic heterocycles. The topological polar surface area (TPSA) is 3.24 Å². The van der Waals surface area contributed by atoms with Crippen molar-refractivity contribution in [1.82, 2.24) is 4.90 Å². The molecule has 0 unspecified atom stereocenters. The van der Waals surface area contributed by atoms with Gasteiger partial charge in [-0.2, -0.15) is 13.2 Å². The van der Waals surface area contributed by atoms with Gasteiger partial charge in [0.2, 0.25) is 0 Å². The smallest absolute Gasteiger partial charge is 0.295 e. The van der Waals surface area contributed by atoms with Crippen molar-refractivity contribution in [2.24, 2.45) is 5.41 Å². The van der Waals surface area contributed by atoms with Crippen molar-refractivity contribution >= 4 is 11.6 Å². The Hall–Kier alpha value is -2.59. The Kier molecular flexibility index (Phi) is 7.38. The minimum atomic E-state index is -4.30. The molecular formula is C29H34F3N. The number of rotatable bonds is 6. The van der Waals surface area contributed by atoms with Crippen LogP contribution >= 0.6 is 0 Å². The Labute approximate surface area is 196 Å². The number of aryl methyl sites for hydroxylation is 1. The number of allylic oxidation sites excluding steroid dienone is 2. The zero-order valence-corrected chi connectivity index (χ0v) is 20.3. The van der Waals surface area contributed by atoms with Crippen LogP contribution < -0.4 is 0 Å². The van der Waals surface area contributed by atoms with Crippen molar-refractivity contribution in [3.8, 4) is 0 Å². The number of hydrogen-bond donors (Lipinski definition) is 0. The van der Waals surface area contributed by atoms with E-state index in [0.29, 0.717) is 6.54 Å². The molecule has 1 aliphatic rings. The molecule has 2 aromatic carbocycles. The third-order valence-electron chi connectivity index (χ3n) is 6.44. The van der Waals surface area contributed by atoms with Gasteiger partial charge in [-0.1, -0.05) is 69.3 Å². The summed E-state index contributed by atoms with van der Waals surface area (Å²) in [5.74, 6) is 0. The summed E-state index contributed by atoms with van der Waals surface area (Å²) in [4.78, 5) is 2.29. The Morgan fingerprint density at radius 2 is 1.79 bits per heavy atom. The first-order valence-electron chi connectivity index (χ1n) is 11.5. The molecule has 0 saturated heterocycles. The molecule has 0 amide bonds. The van der Waals surface area contributed by atoms with Crippen molar-refractivity contribution < 1.29 is 13.2 Å². The van der Waals surface area contributed by atoms with Crippen molar-refractivity contribution in [2.75, 3.05) is 13.1 Å². The van der Waals surface area contributed by atoms with E-state index in [1.165, 1.54) is 40.0 Å². The highest BCUT2D eigenvalue weighted by Crippen LogP contribution is 2.39. The Morgan fingerprint density at radius 3 is 2.33 bits per heavy atom. The molecule has 0 saturated carbocycles. The predicted octanol–water partition coefficient (Wildman–Crippen LogP) is 8.31. The first-order chi connectivity index (χ1) is 15.4. The number of alkyl halides is 3. The van der Waals surface area contributed by atoms with E-state index in [-0.39, 0.29) is 5.41 Å². The van der Waals surface area contributed by atoms with Crippen LogP contribution in [0.15, 0.2) is 66.3 Å². The van der Waals surface area contributed by atoms with Gasteiger partial charge in [0.1, 0.15) is 0 Å². The van der Waals surface area contributed by atoms with Gasteiger partial charge in [0.05, 0.1) is 5.56 Å². The fraction of sp³-hybridized carbons (Fsp3) is 0.379. The average Bonchev–Trinajstić information content (AvgIpc) is 2.72. The number of hydrogen-bond acceptors (Lipinski definition) is 1. The number of nitrogens with zero attached hydrogens (tertiary/aromatic N) is 1. The summed E-state index contributed by atoms with van der Waals surface area (Å²) in [6.07, 6.45) is 1.17. The molecular weight excluding hydrogens is 419 g/mol. The zero-order valence-electron chi connectivity index (χ0n) is 20.3. The van der Waals surface area contributed by atoms with E-state index in [0.717, 1.165) is 30.6 Å². The quantitative estimate of drug-likeness (QED) is 0.398. The standard InChI is InChI=1S/C29H34F3N/c1-7-23(20(2)3)16-25-17-24(11-8-21(25)4)27-14-15-33(19-28(27,5)6)18-22-9-12-26(13-10-22)29(30,31)32/h8-14,16-17H,2,7,15,18-19H2,1,3-6H3/b23-16-. The van der Waals surface area contributed by atoms with E-state index in [1.54, 1.807) is 12.1 Å². The van der Waals surface area contributed by atoms with Gasteiger partial charge >= 0.3 is 6.18 Å². The summed E-state index contributed by atoms with van der Waals surface area (Å²) in [6.45, 7) is 17.1. The van der Waals surface area contributed by atoms with Crippen molar-refractivity contribution in [1.29, 1.82) is 0 Å². The fourth-order valence-corrected chi connectivity index (χ4v) is 4.57. The van der Waals surface area contributed by atoms with Gasteiger partial charge in [0.15, 0.2) is 0 Å². The van der Waals surface area contributed by atoms with Gasteiger partial charge in [-0.05, 0) is 71.9 Å². The highest BCUT2D eigenvalue weighted by Gasteiger charge is 2.32. The van der Waals surface area contributed by atoms with Crippen LogP contribution in [0.1, 0.15) is 61.9 Å². The monoisotopic (exact) mass is 453 g/mol. The molecule has 0 spiro atoms. The Balaban J connectivity index is 1.82. The van der Waals surface area contributed by atoms with E-state index in [1.807, 2.05) is 6.92 Å². The molecule has 1 nitrogen and oxygen atoms in total. The van der Waals surface area contributed by atoms with Crippen molar-refractivity contribution in [2.45, 2.75) is 53.8 Å². The van der Waals surface area contributed by atoms with Crippen LogP contribution in [-0.4, -0.2) is 18.0 Å². The van der Waals surface area contributed by atoms with Gasteiger partial charge in [0, 0.05) is 25.0 Å². The maximum absolute atomic E-state index is 12.8. The normalized spacial score (nSPS) is 17.1. The molecule has 3 rings (SSSR count). The second-order valence-electron chi connectivity index (χ2n) is 9.74. The average molecular weight is 454 g/mol. The molecule has 1 aliphatic heterocycles. The zero-order chi connectivity index (χ0) is 24.4. The lowest BCUT2D eigenvalue weighted by Gasteiger charge is -2.39. The van der Waals surface area contributed by atoms with E-state index < -0.39 is 11.7 Å². The highest BCUT2D eigenvalue weighted by molar-refractivity contribution is 5.74. The molecule has 176 valence electrons. The summed E-state index contributed by atoms with van der Waals surface area (Å²) in [7, 11) is 0. The van der Waals surface area contributed by atoms with Crippen LogP contribution in [0.25, 0.3) is 11.6 Å². The first kappa shape index (κ1) is 25.0. The maximum Gasteiger partial charge on any atom is 0.416 e. The molecule has 1 heterocycles. The molecule has 0 bridgehead atoms. The third-order valence-corrected chi connectivity index (χ3v) is 6.44. The number of halogens is 3. The van der Waals surface area contributed by atoms with E-state index in [4.69, 9.17) is 0 Å². The van der Waals surface area contributed by atoms with Crippen LogP contribution in [0.4, 0.5) is 13.2 Å². The van der Waals surface area contributed by atoms with Gasteiger partial charge in [0.25, 0.3) is 0 Å². The van der Waals surface area contributed by atoms with E-state index >= 15 is 0 Å². The van der Waals surface area contributed by atoms with Crippen LogP contribution in [0, 0.1) is 12.3 Å². The lowest BCUT2D eigenvalue weighted by Crippen LogP contribution is -2.38. The third kappa shape index (κ3) is 6.05. The van der Waals surface area contributed by atoms with E-state index in [2.05, 4.69) is 69.5 Å². The summed E-state index contributed by atoms with van der Waals surface area (Å²) < 4.78 is 38.5. The molecule has 33 heavy (non-hydrogen) atoms. The second-order valence-corrected chi connectivity index (χ2v) is 9.74. The minimum absolute atomic E-state index is 0.0810.